The fourth-order valence-electron chi connectivity index (χ4n) is 1.38. The van der Waals surface area contributed by atoms with E-state index in [1.165, 1.54) is 24.8 Å². The number of esters is 1. The van der Waals surface area contributed by atoms with Crippen molar-refractivity contribution in [3.63, 3.8) is 0 Å². The SMILES string of the molecule is COC(=O)/C=C\c1c(C)n(C)c(=O)n(C)c1=O. The molecule has 6 nitrogen and oxygen atoms in total. The number of ether oxygens (including phenoxy) is 1. The predicted molar refractivity (Wildman–Crippen MR) is 62.7 cm³/mol. The molecule has 17 heavy (non-hydrogen) atoms. The molecule has 0 fully saturated rings. The number of rotatable bonds is 2. The van der Waals surface area contributed by atoms with Gasteiger partial charge in [-0.2, -0.15) is 0 Å². The summed E-state index contributed by atoms with van der Waals surface area (Å²) in [7, 11) is 4.20. The van der Waals surface area contributed by atoms with E-state index in [1.807, 2.05) is 0 Å². The van der Waals surface area contributed by atoms with Crippen molar-refractivity contribution < 1.29 is 9.53 Å². The third kappa shape index (κ3) is 2.35. The van der Waals surface area contributed by atoms with Crippen molar-refractivity contribution in [2.24, 2.45) is 14.1 Å². The van der Waals surface area contributed by atoms with Crippen molar-refractivity contribution in [3.8, 4) is 0 Å². The molecule has 0 saturated carbocycles. The lowest BCUT2D eigenvalue weighted by molar-refractivity contribution is -0.134. The lowest BCUT2D eigenvalue weighted by Gasteiger charge is -2.08. The summed E-state index contributed by atoms with van der Waals surface area (Å²) in [5, 5.41) is 0. The van der Waals surface area contributed by atoms with Crippen molar-refractivity contribution in [2.75, 3.05) is 7.11 Å². The van der Waals surface area contributed by atoms with Crippen LogP contribution in [-0.4, -0.2) is 22.2 Å². The van der Waals surface area contributed by atoms with Crippen LogP contribution in [0.2, 0.25) is 0 Å². The Hall–Kier alpha value is -2.11. The molecule has 1 aromatic heterocycles. The first kappa shape index (κ1) is 13.0. The molecule has 0 radical (unpaired) electrons. The molecule has 1 rings (SSSR count). The summed E-state index contributed by atoms with van der Waals surface area (Å²) in [5.41, 5.74) is -0.0493. The highest BCUT2D eigenvalue weighted by Gasteiger charge is 2.09. The molecule has 0 aliphatic rings. The zero-order valence-electron chi connectivity index (χ0n) is 10.2. The topological polar surface area (TPSA) is 70.3 Å². The Kier molecular flexibility index (Phi) is 3.67. The van der Waals surface area contributed by atoms with Gasteiger partial charge in [-0.05, 0) is 13.0 Å². The molecule has 0 unspecified atom stereocenters. The minimum absolute atomic E-state index is 0.292. The number of hydrogen-bond acceptors (Lipinski definition) is 4. The van der Waals surface area contributed by atoms with Crippen molar-refractivity contribution in [1.82, 2.24) is 9.13 Å². The Morgan fingerprint density at radius 3 is 2.35 bits per heavy atom. The van der Waals surface area contributed by atoms with Gasteiger partial charge in [0, 0.05) is 25.9 Å². The van der Waals surface area contributed by atoms with Gasteiger partial charge in [-0.15, -0.1) is 0 Å². The highest BCUT2D eigenvalue weighted by molar-refractivity contribution is 5.87. The van der Waals surface area contributed by atoms with Gasteiger partial charge < -0.3 is 9.30 Å². The van der Waals surface area contributed by atoms with E-state index in [0.29, 0.717) is 11.3 Å². The van der Waals surface area contributed by atoms with Crippen LogP contribution < -0.4 is 11.2 Å². The molecule has 6 heteroatoms. The Labute approximate surface area is 97.8 Å². The molecule has 1 heterocycles. The number of hydrogen-bond donors (Lipinski definition) is 0. The second-order valence-electron chi connectivity index (χ2n) is 3.56. The quantitative estimate of drug-likeness (QED) is 0.518. The minimum Gasteiger partial charge on any atom is -0.466 e. The molecule has 0 bridgehead atoms. The van der Waals surface area contributed by atoms with Crippen LogP contribution >= 0.6 is 0 Å². The van der Waals surface area contributed by atoms with Crippen LogP contribution in [0.3, 0.4) is 0 Å². The van der Waals surface area contributed by atoms with Crippen LogP contribution in [0.4, 0.5) is 0 Å². The second kappa shape index (κ2) is 4.82. The van der Waals surface area contributed by atoms with Crippen LogP contribution in [0.25, 0.3) is 6.08 Å². The van der Waals surface area contributed by atoms with E-state index < -0.39 is 17.2 Å². The van der Waals surface area contributed by atoms with Crippen LogP contribution in [0.1, 0.15) is 11.3 Å². The van der Waals surface area contributed by atoms with Gasteiger partial charge in [0.25, 0.3) is 5.56 Å². The molecule has 0 saturated heterocycles. The first-order chi connectivity index (χ1) is 7.90. The molecule has 0 atom stereocenters. The Bertz CT molecular complexity index is 593. The summed E-state index contributed by atoms with van der Waals surface area (Å²) in [6.07, 6.45) is 2.50. The maximum Gasteiger partial charge on any atom is 0.330 e. The summed E-state index contributed by atoms with van der Waals surface area (Å²) in [6.45, 7) is 1.64. The largest absolute Gasteiger partial charge is 0.466 e. The highest BCUT2D eigenvalue weighted by atomic mass is 16.5. The minimum atomic E-state index is -0.555. The number of carbonyl (C=O) groups excluding carboxylic acids is 1. The van der Waals surface area contributed by atoms with Gasteiger partial charge in [-0.3, -0.25) is 9.36 Å². The maximum atomic E-state index is 11.8. The third-order valence-electron chi connectivity index (χ3n) is 2.59. The van der Waals surface area contributed by atoms with Crippen LogP contribution in [0, 0.1) is 6.92 Å². The van der Waals surface area contributed by atoms with Crippen molar-refractivity contribution >= 4 is 12.0 Å². The summed E-state index contributed by atoms with van der Waals surface area (Å²) in [4.78, 5) is 34.3. The van der Waals surface area contributed by atoms with Crippen LogP contribution in [-0.2, 0) is 23.6 Å². The van der Waals surface area contributed by atoms with Gasteiger partial charge >= 0.3 is 11.7 Å². The Balaban J connectivity index is 3.46. The van der Waals surface area contributed by atoms with Crippen molar-refractivity contribution in [1.29, 1.82) is 0 Å². The normalized spacial score (nSPS) is 10.8. The van der Waals surface area contributed by atoms with E-state index in [0.717, 1.165) is 10.6 Å². The number of aromatic nitrogens is 2. The van der Waals surface area contributed by atoms with E-state index in [2.05, 4.69) is 4.74 Å². The summed E-state index contributed by atoms with van der Waals surface area (Å²) >= 11 is 0. The number of carbonyl (C=O) groups is 1. The second-order valence-corrected chi connectivity index (χ2v) is 3.56. The lowest BCUT2D eigenvalue weighted by Crippen LogP contribution is -2.39. The zero-order valence-corrected chi connectivity index (χ0v) is 10.2. The molecule has 0 amide bonds. The molecule has 0 aromatic carbocycles. The maximum absolute atomic E-state index is 11.8. The zero-order chi connectivity index (χ0) is 13.2. The number of nitrogens with zero attached hydrogens (tertiary/aromatic N) is 2. The summed E-state index contributed by atoms with van der Waals surface area (Å²) < 4.78 is 6.77. The van der Waals surface area contributed by atoms with Gasteiger partial charge in [0.05, 0.1) is 12.7 Å². The molecular weight excluding hydrogens is 224 g/mol. The van der Waals surface area contributed by atoms with E-state index in [-0.39, 0.29) is 0 Å². The molecular formula is C11H14N2O4. The lowest BCUT2D eigenvalue weighted by atomic mass is 10.2. The molecule has 0 N–H and O–H groups in total. The third-order valence-corrected chi connectivity index (χ3v) is 2.59. The van der Waals surface area contributed by atoms with Crippen molar-refractivity contribution in [3.05, 3.63) is 38.2 Å². The first-order valence-electron chi connectivity index (χ1n) is 4.92. The standard InChI is InChI=1S/C11H14N2O4/c1-7-8(5-6-9(14)17-4)10(15)13(3)11(16)12(7)2/h5-6H,1-4H3/b6-5-. The molecule has 0 spiro atoms. The fraction of sp³-hybridized carbons (Fsp3) is 0.364. The van der Waals surface area contributed by atoms with Gasteiger partial charge in [0.15, 0.2) is 0 Å². The fourth-order valence-corrected chi connectivity index (χ4v) is 1.38. The van der Waals surface area contributed by atoms with E-state index in [9.17, 15) is 14.4 Å². The smallest absolute Gasteiger partial charge is 0.330 e. The van der Waals surface area contributed by atoms with Gasteiger partial charge in [-0.1, -0.05) is 0 Å². The first-order valence-corrected chi connectivity index (χ1v) is 4.92. The van der Waals surface area contributed by atoms with Crippen LogP contribution in [0.15, 0.2) is 15.7 Å². The van der Waals surface area contributed by atoms with Crippen molar-refractivity contribution in [2.45, 2.75) is 6.92 Å². The Morgan fingerprint density at radius 1 is 1.24 bits per heavy atom. The molecule has 0 aliphatic heterocycles. The van der Waals surface area contributed by atoms with Gasteiger partial charge in [0.1, 0.15) is 0 Å². The summed E-state index contributed by atoms with van der Waals surface area (Å²) in [5.74, 6) is -0.555. The average Bonchev–Trinajstić information content (AvgIpc) is 2.33. The highest BCUT2D eigenvalue weighted by Crippen LogP contribution is 2.01. The molecule has 1 aromatic rings. The van der Waals surface area contributed by atoms with E-state index in [1.54, 1.807) is 14.0 Å². The summed E-state index contributed by atoms with van der Waals surface area (Å²) in [6, 6.07) is 0. The van der Waals surface area contributed by atoms with E-state index >= 15 is 0 Å². The van der Waals surface area contributed by atoms with Gasteiger partial charge in [-0.25, -0.2) is 9.59 Å². The Morgan fingerprint density at radius 2 is 1.82 bits per heavy atom. The monoisotopic (exact) mass is 238 g/mol. The van der Waals surface area contributed by atoms with Gasteiger partial charge in [0.2, 0.25) is 0 Å². The van der Waals surface area contributed by atoms with E-state index in [4.69, 9.17) is 0 Å². The number of methoxy groups -OCH3 is 1. The van der Waals surface area contributed by atoms with Crippen LogP contribution in [0.5, 0.6) is 0 Å². The average molecular weight is 238 g/mol. The molecule has 0 aliphatic carbocycles. The predicted octanol–water partition coefficient (Wildman–Crippen LogP) is -0.421. The molecule has 92 valence electrons.